The van der Waals surface area contributed by atoms with Gasteiger partial charge in [-0.3, -0.25) is 9.74 Å². The van der Waals surface area contributed by atoms with E-state index in [0.29, 0.717) is 33.6 Å². The smallest absolute Gasteiger partial charge is 0.413 e. The van der Waals surface area contributed by atoms with Gasteiger partial charge in [0.1, 0.15) is 16.6 Å². The van der Waals surface area contributed by atoms with Gasteiger partial charge in [0.2, 0.25) is 0 Å². The molecule has 1 aromatic carbocycles. The Balaban J connectivity index is 1.68. The molecule has 0 radical (unpaired) electrons. The molecule has 5 rings (SSSR count). The molecule has 36 heavy (non-hydrogen) atoms. The summed E-state index contributed by atoms with van der Waals surface area (Å²) in [7, 11) is -5.26. The van der Waals surface area contributed by atoms with Gasteiger partial charge in [0.05, 0.1) is 40.8 Å². The zero-order chi connectivity index (χ0) is 26.0. The van der Waals surface area contributed by atoms with Crippen LogP contribution in [0, 0.1) is 0 Å². The van der Waals surface area contributed by atoms with Gasteiger partial charge in [0.15, 0.2) is 19.2 Å². The minimum atomic E-state index is -3.95. The van der Waals surface area contributed by atoms with Gasteiger partial charge in [-0.05, 0) is 48.8 Å². The molecule has 0 bridgehead atoms. The molecule has 2 amide bonds. The van der Waals surface area contributed by atoms with E-state index >= 15 is 0 Å². The zero-order valence-corrected chi connectivity index (χ0v) is 23.4. The minimum absolute atomic E-state index is 0.118. The van der Waals surface area contributed by atoms with E-state index in [9.17, 15) is 18.0 Å². The third kappa shape index (κ3) is 3.73. The lowest BCUT2D eigenvalue weighted by atomic mass is 10.2. The highest BCUT2D eigenvalue weighted by atomic mass is 79.9. The van der Waals surface area contributed by atoms with Crippen LogP contribution >= 0.6 is 23.2 Å². The highest BCUT2D eigenvalue weighted by Gasteiger charge is 2.65. The standard InChI is InChI=1S/C23H25BrN4O6PS/c1-23(2,3)34-21(29)26-10-11-35(14-26)19-17(28(33-4)22(35)30)12-25-20-18(19)16(24)13-27(20)36(31,32)15-8-6-5-7-9-15/h5-9,12-13H,10-11,14H2,1-4H3/q+1. The van der Waals surface area contributed by atoms with Gasteiger partial charge in [-0.1, -0.05) is 18.2 Å². The Kier molecular flexibility index (Phi) is 5.94. The second-order valence-electron chi connectivity index (χ2n) is 9.62. The first kappa shape index (κ1) is 25.1. The van der Waals surface area contributed by atoms with Gasteiger partial charge in [-0.25, -0.2) is 27.0 Å². The van der Waals surface area contributed by atoms with Gasteiger partial charge >= 0.3 is 11.7 Å². The molecule has 2 aliphatic rings. The molecule has 4 heterocycles. The first-order chi connectivity index (χ1) is 16.9. The molecule has 2 aliphatic heterocycles. The number of benzene rings is 1. The predicted molar refractivity (Wildman–Crippen MR) is 141 cm³/mol. The summed E-state index contributed by atoms with van der Waals surface area (Å²) < 4.78 is 34.1. The van der Waals surface area contributed by atoms with Crippen LogP contribution in [0.3, 0.4) is 0 Å². The lowest BCUT2D eigenvalue weighted by molar-refractivity contribution is 0.0307. The Morgan fingerprint density at radius 2 is 1.89 bits per heavy atom. The van der Waals surface area contributed by atoms with Gasteiger partial charge < -0.3 is 4.74 Å². The lowest BCUT2D eigenvalue weighted by Crippen LogP contribution is -2.35. The third-order valence-electron chi connectivity index (χ3n) is 6.18. The van der Waals surface area contributed by atoms with Crippen molar-refractivity contribution >= 4 is 67.0 Å². The van der Waals surface area contributed by atoms with Crippen LogP contribution in [0.25, 0.3) is 11.0 Å². The summed E-state index contributed by atoms with van der Waals surface area (Å²) in [4.78, 5) is 38.2. The number of hydrogen-bond acceptors (Lipinski definition) is 7. The first-order valence-corrected chi connectivity index (χ1v) is 15.5. The zero-order valence-electron chi connectivity index (χ0n) is 20.1. The fourth-order valence-corrected chi connectivity index (χ4v) is 11.1. The molecule has 1 fully saturated rings. The number of pyridine rings is 1. The van der Waals surface area contributed by atoms with Crippen molar-refractivity contribution in [3.05, 3.63) is 47.2 Å². The Morgan fingerprint density at radius 3 is 2.53 bits per heavy atom. The molecule has 0 aliphatic carbocycles. The number of hydrogen-bond donors (Lipinski definition) is 0. The molecule has 2 aromatic heterocycles. The highest BCUT2D eigenvalue weighted by molar-refractivity contribution is 9.10. The molecule has 10 nitrogen and oxygen atoms in total. The van der Waals surface area contributed by atoms with E-state index in [1.807, 2.05) is 0 Å². The molecule has 3 aromatic rings. The van der Waals surface area contributed by atoms with Crippen LogP contribution in [0.4, 0.5) is 15.3 Å². The average molecular weight is 596 g/mol. The Morgan fingerprint density at radius 1 is 1.19 bits per heavy atom. The van der Waals surface area contributed by atoms with Crippen LogP contribution in [0.15, 0.2) is 52.1 Å². The summed E-state index contributed by atoms with van der Waals surface area (Å²) in [5.74, 6) is 0. The maximum Gasteiger partial charge on any atom is 0.413 e. The number of fused-ring (bicyclic) bond motifs is 4. The molecule has 190 valence electrons. The molecule has 1 saturated heterocycles. The normalized spacial score (nSPS) is 20.0. The van der Waals surface area contributed by atoms with Gasteiger partial charge in [-0.15, -0.1) is 5.06 Å². The van der Waals surface area contributed by atoms with Crippen molar-refractivity contribution in [3.63, 3.8) is 0 Å². The van der Waals surface area contributed by atoms with E-state index in [4.69, 9.17) is 9.57 Å². The summed E-state index contributed by atoms with van der Waals surface area (Å²) in [5.41, 5.74) is -0.244. The second kappa shape index (κ2) is 8.51. The fraction of sp³-hybridized carbons (Fsp3) is 0.348. The largest absolute Gasteiger partial charge is 0.444 e. The number of nitrogens with zero attached hydrogens (tertiary/aromatic N) is 4. The van der Waals surface area contributed by atoms with Crippen molar-refractivity contribution < 1.29 is 27.6 Å². The van der Waals surface area contributed by atoms with E-state index in [2.05, 4.69) is 20.9 Å². The highest BCUT2D eigenvalue weighted by Crippen LogP contribution is 2.69. The third-order valence-corrected chi connectivity index (χ3v) is 12.5. The summed E-state index contributed by atoms with van der Waals surface area (Å²) in [6.07, 6.45) is 3.04. The molecule has 0 saturated carbocycles. The maximum atomic E-state index is 13.8. The van der Waals surface area contributed by atoms with Crippen LogP contribution in [0.1, 0.15) is 20.8 Å². The average Bonchev–Trinajstić information content (AvgIpc) is 3.48. The minimum Gasteiger partial charge on any atom is -0.444 e. The van der Waals surface area contributed by atoms with Crippen molar-refractivity contribution in [2.45, 2.75) is 31.3 Å². The summed E-state index contributed by atoms with van der Waals surface area (Å²) in [6.45, 7) is 5.71. The van der Waals surface area contributed by atoms with Crippen molar-refractivity contribution in [1.82, 2.24) is 13.9 Å². The summed E-state index contributed by atoms with van der Waals surface area (Å²) >= 11 is 3.53. The first-order valence-electron chi connectivity index (χ1n) is 11.2. The molecule has 13 heteroatoms. The quantitative estimate of drug-likeness (QED) is 0.413. The number of ether oxygens (including phenoxy) is 1. The molecular weight excluding hydrogens is 571 g/mol. The second-order valence-corrected chi connectivity index (χ2v) is 15.8. The molecule has 1 spiro atoms. The number of aromatic nitrogens is 2. The van der Waals surface area contributed by atoms with Crippen molar-refractivity contribution in [2.24, 2.45) is 0 Å². The van der Waals surface area contributed by atoms with Crippen LogP contribution in [0.2, 0.25) is 0 Å². The number of halogens is 1. The number of anilines is 1. The molecular formula is C23H25BrN4O6PS+. The molecule has 1 atom stereocenters. The number of rotatable bonds is 3. The van der Waals surface area contributed by atoms with Crippen LogP contribution in [0.5, 0.6) is 0 Å². The predicted octanol–water partition coefficient (Wildman–Crippen LogP) is 4.39. The lowest BCUT2D eigenvalue weighted by Gasteiger charge is -2.23. The van der Waals surface area contributed by atoms with Gasteiger partial charge in [-0.2, -0.15) is 0 Å². The van der Waals surface area contributed by atoms with E-state index < -0.39 is 29.0 Å². The fourth-order valence-electron chi connectivity index (χ4n) is 4.66. The Labute approximate surface area is 217 Å². The topological polar surface area (TPSA) is 111 Å². The van der Waals surface area contributed by atoms with E-state index in [-0.39, 0.29) is 22.5 Å². The van der Waals surface area contributed by atoms with E-state index in [1.165, 1.54) is 36.7 Å². The Bertz CT molecular complexity index is 1500. The van der Waals surface area contributed by atoms with Gasteiger partial charge in [0.25, 0.3) is 10.0 Å². The van der Waals surface area contributed by atoms with Crippen LogP contribution in [-0.2, 0) is 19.6 Å². The van der Waals surface area contributed by atoms with E-state index in [1.54, 1.807) is 43.9 Å². The summed E-state index contributed by atoms with van der Waals surface area (Å²) in [5, 5.41) is 2.42. The van der Waals surface area contributed by atoms with E-state index in [0.717, 1.165) is 3.97 Å². The van der Waals surface area contributed by atoms with Crippen LogP contribution in [-0.4, -0.2) is 65.7 Å². The monoisotopic (exact) mass is 595 g/mol. The number of amides is 2. The molecule has 1 unspecified atom stereocenters. The Hall–Kier alpha value is -2.53. The molecule has 0 N–H and O–H groups in total. The van der Waals surface area contributed by atoms with Crippen LogP contribution < -0.4 is 10.4 Å². The maximum absolute atomic E-state index is 13.8. The number of carbonyl (C=O) groups excluding carboxylic acids is 2. The SMILES string of the molecule is CON1C(=O)[P+]2(CCN(C(=O)OC(C)(C)C)C2)c2c1cnc1c2c(Br)cn1S(=O)(=O)c1ccccc1. The number of carbonyl (C=O) groups is 2. The van der Waals surface area contributed by atoms with Crippen molar-refractivity contribution in [2.75, 3.05) is 31.2 Å². The number of hydroxylamine groups is 1. The van der Waals surface area contributed by atoms with Crippen molar-refractivity contribution in [3.8, 4) is 0 Å². The van der Waals surface area contributed by atoms with Crippen molar-refractivity contribution in [1.29, 1.82) is 0 Å². The summed E-state index contributed by atoms with van der Waals surface area (Å²) in [6, 6.07) is 8.07. The van der Waals surface area contributed by atoms with Gasteiger partial charge in [0, 0.05) is 6.20 Å².